The smallest absolute Gasteiger partial charge is 0.190 e. The van der Waals surface area contributed by atoms with Crippen LogP contribution in [0, 0.1) is 11.6 Å². The highest BCUT2D eigenvalue weighted by atomic mass is 19.1. The van der Waals surface area contributed by atoms with Gasteiger partial charge in [0.05, 0.1) is 17.5 Å². The summed E-state index contributed by atoms with van der Waals surface area (Å²) in [5.41, 5.74) is 5.26. The largest absolute Gasteiger partial charge is 0.325 e. The van der Waals surface area contributed by atoms with E-state index < -0.39 is 23.0 Å². The van der Waals surface area contributed by atoms with Gasteiger partial charge < -0.3 is 5.73 Å². The predicted octanol–water partition coefficient (Wildman–Crippen LogP) is 0.898. The second kappa shape index (κ2) is 5.01. The van der Waals surface area contributed by atoms with Gasteiger partial charge in [0.25, 0.3) is 0 Å². The van der Waals surface area contributed by atoms with Gasteiger partial charge in [-0.25, -0.2) is 13.5 Å². The number of ketones is 1. The minimum absolute atomic E-state index is 0.183. The molecule has 0 saturated heterocycles. The zero-order chi connectivity index (χ0) is 13.1. The van der Waals surface area contributed by atoms with E-state index in [1.54, 1.807) is 0 Å². The molecule has 2 aromatic rings. The maximum atomic E-state index is 13.3. The molecule has 0 saturated carbocycles. The summed E-state index contributed by atoms with van der Waals surface area (Å²) in [6.45, 7) is -0.104. The van der Waals surface area contributed by atoms with Crippen LogP contribution in [0.3, 0.4) is 0 Å². The number of benzene rings is 1. The highest BCUT2D eigenvalue weighted by molar-refractivity contribution is 5.96. The molecule has 0 fully saturated rings. The van der Waals surface area contributed by atoms with Crippen LogP contribution in [0.15, 0.2) is 24.4 Å². The third-order valence-electron chi connectivity index (χ3n) is 2.34. The third-order valence-corrected chi connectivity index (χ3v) is 2.34. The molecule has 0 aliphatic heterocycles. The molecule has 2 N–H and O–H groups in total. The summed E-state index contributed by atoms with van der Waals surface area (Å²) in [6.07, 6.45) is 1.46. The van der Waals surface area contributed by atoms with Gasteiger partial charge in [-0.15, -0.1) is 5.10 Å². The second-order valence-electron chi connectivity index (χ2n) is 3.63. The Morgan fingerprint density at radius 1 is 1.33 bits per heavy atom. The first-order chi connectivity index (χ1) is 8.61. The van der Waals surface area contributed by atoms with Gasteiger partial charge in [-0.05, 0) is 12.1 Å². The van der Waals surface area contributed by atoms with E-state index in [9.17, 15) is 13.6 Å². The highest BCUT2D eigenvalue weighted by Crippen LogP contribution is 2.13. The van der Waals surface area contributed by atoms with E-state index in [1.807, 2.05) is 0 Å². The monoisotopic (exact) mass is 252 g/mol. The van der Waals surface area contributed by atoms with Crippen LogP contribution in [0.4, 0.5) is 8.78 Å². The van der Waals surface area contributed by atoms with Crippen LogP contribution in [0.25, 0.3) is 0 Å². The van der Waals surface area contributed by atoms with Gasteiger partial charge in [-0.2, -0.15) is 0 Å². The lowest BCUT2D eigenvalue weighted by Crippen LogP contribution is -2.14. The van der Waals surface area contributed by atoms with Crippen LogP contribution in [-0.4, -0.2) is 20.8 Å². The molecule has 1 aromatic heterocycles. The van der Waals surface area contributed by atoms with E-state index >= 15 is 0 Å². The van der Waals surface area contributed by atoms with Gasteiger partial charge in [0, 0.05) is 6.54 Å². The predicted molar refractivity (Wildman–Crippen MR) is 58.6 cm³/mol. The summed E-state index contributed by atoms with van der Waals surface area (Å²) in [4.78, 5) is 11.8. The Balaban J connectivity index is 2.22. The SMILES string of the molecule is NCc1cn(CC(=O)c2c(F)cccc2F)nn1. The lowest BCUT2D eigenvalue weighted by atomic mass is 10.1. The molecule has 1 aromatic carbocycles. The molecule has 94 valence electrons. The normalized spacial score (nSPS) is 10.6. The Labute approximate surface area is 101 Å². The molecule has 0 aliphatic rings. The van der Waals surface area contributed by atoms with Gasteiger partial charge in [0.15, 0.2) is 5.78 Å². The quantitative estimate of drug-likeness (QED) is 0.820. The van der Waals surface area contributed by atoms with Crippen molar-refractivity contribution < 1.29 is 13.6 Å². The first-order valence-electron chi connectivity index (χ1n) is 5.18. The average molecular weight is 252 g/mol. The van der Waals surface area contributed by atoms with Crippen molar-refractivity contribution in [1.29, 1.82) is 0 Å². The van der Waals surface area contributed by atoms with Crippen molar-refractivity contribution in [1.82, 2.24) is 15.0 Å². The number of aromatic nitrogens is 3. The zero-order valence-electron chi connectivity index (χ0n) is 9.31. The van der Waals surface area contributed by atoms with Gasteiger partial charge in [0.2, 0.25) is 0 Å². The number of hydrogen-bond donors (Lipinski definition) is 1. The van der Waals surface area contributed by atoms with Crippen LogP contribution in [0.5, 0.6) is 0 Å². The maximum absolute atomic E-state index is 13.3. The third kappa shape index (κ3) is 2.40. The van der Waals surface area contributed by atoms with Crippen LogP contribution in [-0.2, 0) is 13.1 Å². The number of hydrogen-bond acceptors (Lipinski definition) is 4. The van der Waals surface area contributed by atoms with Crippen molar-refractivity contribution in [2.24, 2.45) is 5.73 Å². The van der Waals surface area contributed by atoms with E-state index in [1.165, 1.54) is 16.9 Å². The molecule has 0 unspecified atom stereocenters. The molecule has 0 atom stereocenters. The highest BCUT2D eigenvalue weighted by Gasteiger charge is 2.17. The van der Waals surface area contributed by atoms with Gasteiger partial charge in [-0.1, -0.05) is 11.3 Å². The molecule has 5 nitrogen and oxygen atoms in total. The van der Waals surface area contributed by atoms with Crippen molar-refractivity contribution in [2.45, 2.75) is 13.1 Å². The van der Waals surface area contributed by atoms with Crippen molar-refractivity contribution in [2.75, 3.05) is 0 Å². The molecule has 0 radical (unpaired) electrons. The molecule has 2 rings (SSSR count). The van der Waals surface area contributed by atoms with Gasteiger partial charge in [0.1, 0.15) is 18.2 Å². The van der Waals surface area contributed by atoms with Gasteiger partial charge in [-0.3, -0.25) is 4.79 Å². The van der Waals surface area contributed by atoms with Crippen LogP contribution >= 0.6 is 0 Å². The standard InChI is InChI=1S/C11H10F2N4O/c12-8-2-1-3-9(13)11(8)10(18)6-17-5-7(4-14)15-16-17/h1-3,5H,4,6,14H2. The summed E-state index contributed by atoms with van der Waals surface area (Å²) in [7, 11) is 0. The number of halogens is 2. The fourth-order valence-electron chi connectivity index (χ4n) is 1.50. The van der Waals surface area contributed by atoms with Crippen LogP contribution in [0.1, 0.15) is 16.1 Å². The Hall–Kier alpha value is -2.15. The lowest BCUT2D eigenvalue weighted by Gasteiger charge is -2.03. The summed E-state index contributed by atoms with van der Waals surface area (Å²) in [5.74, 6) is -2.49. The van der Waals surface area contributed by atoms with Crippen LogP contribution in [0.2, 0.25) is 0 Å². The first-order valence-corrected chi connectivity index (χ1v) is 5.18. The summed E-state index contributed by atoms with van der Waals surface area (Å²) in [5, 5.41) is 7.31. The minimum atomic E-state index is -0.890. The number of carbonyl (C=O) groups excluding carboxylic acids is 1. The fourth-order valence-corrected chi connectivity index (χ4v) is 1.50. The summed E-state index contributed by atoms with van der Waals surface area (Å²) < 4.78 is 27.9. The molecule has 0 aliphatic carbocycles. The second-order valence-corrected chi connectivity index (χ2v) is 3.63. The number of carbonyl (C=O) groups is 1. The van der Waals surface area contributed by atoms with E-state index in [2.05, 4.69) is 10.3 Å². The van der Waals surface area contributed by atoms with Crippen molar-refractivity contribution in [3.05, 3.63) is 47.3 Å². The fraction of sp³-hybridized carbons (Fsp3) is 0.182. The molecule has 0 amide bonds. The molecule has 1 heterocycles. The lowest BCUT2D eigenvalue weighted by molar-refractivity contribution is 0.0958. The Morgan fingerprint density at radius 3 is 2.56 bits per heavy atom. The number of rotatable bonds is 4. The van der Waals surface area contributed by atoms with Crippen molar-refractivity contribution >= 4 is 5.78 Å². The number of Topliss-reactive ketones (excluding diaryl/α,β-unsaturated/α-hetero) is 1. The molecule has 18 heavy (non-hydrogen) atoms. The Morgan fingerprint density at radius 2 is 2.00 bits per heavy atom. The van der Waals surface area contributed by atoms with Crippen LogP contribution < -0.4 is 5.73 Å². The van der Waals surface area contributed by atoms with E-state index in [-0.39, 0.29) is 13.1 Å². The summed E-state index contributed by atoms with van der Waals surface area (Å²) in [6, 6.07) is 3.26. The summed E-state index contributed by atoms with van der Waals surface area (Å²) >= 11 is 0. The molecule has 0 bridgehead atoms. The van der Waals surface area contributed by atoms with Gasteiger partial charge >= 0.3 is 0 Å². The first kappa shape index (κ1) is 12.3. The van der Waals surface area contributed by atoms with Crippen molar-refractivity contribution in [3.8, 4) is 0 Å². The maximum Gasteiger partial charge on any atom is 0.190 e. The number of nitrogens with zero attached hydrogens (tertiary/aromatic N) is 3. The van der Waals surface area contributed by atoms with E-state index in [0.29, 0.717) is 5.69 Å². The van der Waals surface area contributed by atoms with E-state index in [4.69, 9.17) is 5.73 Å². The molecular formula is C11H10F2N4O. The molecule has 0 spiro atoms. The van der Waals surface area contributed by atoms with Crippen molar-refractivity contribution in [3.63, 3.8) is 0 Å². The number of nitrogens with two attached hydrogens (primary N) is 1. The Kier molecular flexibility index (Phi) is 3.42. The average Bonchev–Trinajstić information content (AvgIpc) is 2.76. The topological polar surface area (TPSA) is 73.8 Å². The zero-order valence-corrected chi connectivity index (χ0v) is 9.31. The Bertz CT molecular complexity index is 562. The van der Waals surface area contributed by atoms with E-state index in [0.717, 1.165) is 12.1 Å². The minimum Gasteiger partial charge on any atom is -0.325 e. The molecule has 7 heteroatoms. The molecular weight excluding hydrogens is 242 g/mol.